The van der Waals surface area contributed by atoms with Crippen LogP contribution in [0.5, 0.6) is 0 Å². The standard InChI is InChI=1S/C27H20O2.2C5H5.2Fe/c28-26-24(20-13-9-10-14-20)23(19-11-7-8-12-19)25(21-15-3-1-4-16-21)27(26,29)22-17-5-2-6-18-22;2*1-2-4-5-3-1;;/h1-18,25,29H;2*1-5H;;/q;;;2*+2/t25-,27-;;;;/m0..../s1. The molecule has 2 aromatic rings. The SMILES string of the molecule is O=C1C([C]2[CH][CH][CH][CH]2)=C([C]2[CH][CH][CH][CH]2)[C@H](c2ccccc2)[C@@]1(O)c1ccccc1.[CH]1[CH][CH][CH][CH]1.[CH]1[CH][CH][CH][CH]1.[Fe+2].[Fe+2]. The van der Waals surface area contributed by atoms with Crippen LogP contribution in [0.25, 0.3) is 0 Å². The summed E-state index contributed by atoms with van der Waals surface area (Å²) in [5.41, 5.74) is 1.35. The van der Waals surface area contributed by atoms with E-state index in [9.17, 15) is 9.90 Å². The van der Waals surface area contributed by atoms with E-state index in [0.29, 0.717) is 11.1 Å². The van der Waals surface area contributed by atoms with Crippen molar-refractivity contribution < 1.29 is 44.0 Å². The van der Waals surface area contributed by atoms with E-state index < -0.39 is 11.5 Å². The second-order valence-corrected chi connectivity index (χ2v) is 9.37. The van der Waals surface area contributed by atoms with Gasteiger partial charge in [-0.25, -0.2) is 0 Å². The molecule has 4 saturated carbocycles. The molecule has 5 aliphatic rings. The van der Waals surface area contributed by atoms with Crippen molar-refractivity contribution in [1.82, 2.24) is 0 Å². The Bertz CT molecular complexity index is 1040. The Morgan fingerprint density at radius 3 is 1.34 bits per heavy atom. The van der Waals surface area contributed by atoms with E-state index in [-0.39, 0.29) is 39.9 Å². The maximum atomic E-state index is 13.9. The third kappa shape index (κ3) is 8.07. The quantitative estimate of drug-likeness (QED) is 0.404. The molecule has 202 valence electrons. The number of hydrogen-bond donors (Lipinski definition) is 1. The fraction of sp³-hybridized carbons (Fsp3) is 0.0541. The zero-order valence-corrected chi connectivity index (χ0v) is 24.5. The predicted molar refractivity (Wildman–Crippen MR) is 155 cm³/mol. The molecule has 5 aliphatic carbocycles. The van der Waals surface area contributed by atoms with Crippen LogP contribution < -0.4 is 0 Å². The smallest absolute Gasteiger partial charge is 0.376 e. The monoisotopic (exact) mass is 618 g/mol. The third-order valence-electron chi connectivity index (χ3n) is 6.93. The molecule has 2 nitrogen and oxygen atoms in total. The van der Waals surface area contributed by atoms with Crippen molar-refractivity contribution in [3.05, 3.63) is 210 Å². The van der Waals surface area contributed by atoms with Crippen LogP contribution in [0.3, 0.4) is 0 Å². The summed E-state index contributed by atoms with van der Waals surface area (Å²) in [6.07, 6.45) is 35.7. The van der Waals surface area contributed by atoms with Gasteiger partial charge < -0.3 is 5.11 Å². The fourth-order valence-corrected chi connectivity index (χ4v) is 5.17. The zero-order valence-electron chi connectivity index (χ0n) is 22.3. The van der Waals surface area contributed by atoms with E-state index in [1.807, 2.05) is 176 Å². The summed E-state index contributed by atoms with van der Waals surface area (Å²) in [4.78, 5) is 13.9. The van der Waals surface area contributed by atoms with E-state index in [1.165, 1.54) is 0 Å². The van der Waals surface area contributed by atoms with Crippen molar-refractivity contribution in [1.29, 1.82) is 0 Å². The van der Waals surface area contributed by atoms with E-state index in [2.05, 4.69) is 0 Å². The van der Waals surface area contributed by atoms with Gasteiger partial charge in [0.1, 0.15) is 0 Å². The molecule has 0 aromatic heterocycles. The molecule has 20 radical (unpaired) electrons. The Labute approximate surface area is 270 Å². The van der Waals surface area contributed by atoms with Gasteiger partial charge >= 0.3 is 34.1 Å². The van der Waals surface area contributed by atoms with Crippen LogP contribution in [-0.4, -0.2) is 10.9 Å². The summed E-state index contributed by atoms with van der Waals surface area (Å²) in [5.74, 6) is 1.07. The Hall–Kier alpha value is -1.15. The topological polar surface area (TPSA) is 37.3 Å². The number of aliphatic hydroxyl groups is 1. The Morgan fingerprint density at radius 2 is 0.902 bits per heavy atom. The van der Waals surface area contributed by atoms with Crippen LogP contribution in [0.4, 0.5) is 0 Å². The minimum absolute atomic E-state index is 0. The molecule has 0 saturated heterocycles. The van der Waals surface area contributed by atoms with Crippen molar-refractivity contribution in [2.45, 2.75) is 11.5 Å². The van der Waals surface area contributed by atoms with Gasteiger partial charge in [0.15, 0.2) is 11.4 Å². The van der Waals surface area contributed by atoms with Crippen LogP contribution in [0.1, 0.15) is 17.0 Å². The van der Waals surface area contributed by atoms with Crippen LogP contribution >= 0.6 is 0 Å². The van der Waals surface area contributed by atoms with Crippen molar-refractivity contribution in [2.24, 2.45) is 0 Å². The number of rotatable bonds is 4. The molecular weight excluding hydrogens is 588 g/mol. The molecular formula is C37H30Fe2O2+4. The average Bonchev–Trinajstić information content (AvgIpc) is 3.83. The first-order chi connectivity index (χ1) is 19.2. The van der Waals surface area contributed by atoms with Crippen LogP contribution in [0.2, 0.25) is 0 Å². The van der Waals surface area contributed by atoms with Gasteiger partial charge in [-0.05, 0) is 132 Å². The van der Waals surface area contributed by atoms with Gasteiger partial charge in [-0.3, -0.25) is 4.79 Å². The van der Waals surface area contributed by atoms with Crippen molar-refractivity contribution in [3.63, 3.8) is 0 Å². The molecule has 0 unspecified atom stereocenters. The number of carbonyl (C=O) groups excluding carboxylic acids is 1. The number of Topliss-reactive ketones (excluding diaryl/α,β-unsaturated/α-hetero) is 1. The normalized spacial score (nSPS) is 26.1. The fourth-order valence-electron chi connectivity index (χ4n) is 5.17. The van der Waals surface area contributed by atoms with E-state index >= 15 is 0 Å². The van der Waals surface area contributed by atoms with Crippen molar-refractivity contribution >= 4 is 5.78 Å². The number of hydrogen-bond acceptors (Lipinski definition) is 2. The Balaban J connectivity index is 0.000000325. The number of benzene rings is 2. The predicted octanol–water partition coefficient (Wildman–Crippen LogP) is 6.39. The molecule has 4 heteroatoms. The van der Waals surface area contributed by atoms with Crippen LogP contribution in [0.15, 0.2) is 71.8 Å². The molecule has 0 amide bonds. The van der Waals surface area contributed by atoms with E-state index in [1.54, 1.807) is 0 Å². The van der Waals surface area contributed by atoms with Gasteiger partial charge in [0.25, 0.3) is 0 Å². The molecule has 2 aromatic carbocycles. The first kappa shape index (κ1) is 34.3. The third-order valence-corrected chi connectivity index (χ3v) is 6.93. The van der Waals surface area contributed by atoms with Gasteiger partial charge in [-0.15, -0.1) is 0 Å². The molecule has 1 N–H and O–H groups in total. The maximum absolute atomic E-state index is 13.9. The van der Waals surface area contributed by atoms with Crippen LogP contribution in [-0.2, 0) is 44.5 Å². The summed E-state index contributed by atoms with van der Waals surface area (Å²) in [7, 11) is 0. The Morgan fingerprint density at radius 1 is 0.512 bits per heavy atom. The van der Waals surface area contributed by atoms with Gasteiger partial charge in [0.2, 0.25) is 0 Å². The summed E-state index contributed by atoms with van der Waals surface area (Å²) in [5, 5.41) is 12.1. The molecule has 0 bridgehead atoms. The molecule has 4 fully saturated rings. The number of carbonyl (C=O) groups is 1. The summed E-state index contributed by atoms with van der Waals surface area (Å²) in [6, 6.07) is 19.1. The van der Waals surface area contributed by atoms with Gasteiger partial charge in [-0.2, -0.15) is 0 Å². The summed E-state index contributed by atoms with van der Waals surface area (Å²) in [6.45, 7) is 0. The first-order valence-electron chi connectivity index (χ1n) is 13.1. The zero-order chi connectivity index (χ0) is 26.9. The molecule has 0 aliphatic heterocycles. The second-order valence-electron chi connectivity index (χ2n) is 9.37. The molecule has 2 atom stereocenters. The Kier molecular flexibility index (Phi) is 14.4. The average molecular weight is 618 g/mol. The van der Waals surface area contributed by atoms with Gasteiger partial charge in [0, 0.05) is 23.3 Å². The minimum Gasteiger partial charge on any atom is -0.376 e. The second kappa shape index (κ2) is 17.2. The first-order valence-corrected chi connectivity index (χ1v) is 13.1. The van der Waals surface area contributed by atoms with Crippen LogP contribution in [0, 0.1) is 127 Å². The number of ketones is 1. The molecule has 7 rings (SSSR count). The maximum Gasteiger partial charge on any atom is 2.00 e. The van der Waals surface area contributed by atoms with Gasteiger partial charge in [-0.1, -0.05) is 60.7 Å². The molecule has 0 heterocycles. The van der Waals surface area contributed by atoms with Crippen molar-refractivity contribution in [2.75, 3.05) is 0 Å². The van der Waals surface area contributed by atoms with E-state index in [0.717, 1.165) is 23.0 Å². The van der Waals surface area contributed by atoms with Crippen molar-refractivity contribution in [3.8, 4) is 0 Å². The minimum atomic E-state index is -1.66. The van der Waals surface area contributed by atoms with E-state index in [4.69, 9.17) is 0 Å². The molecule has 0 spiro atoms. The molecule has 41 heavy (non-hydrogen) atoms. The summed E-state index contributed by atoms with van der Waals surface area (Å²) >= 11 is 0. The largest absolute Gasteiger partial charge is 2.00 e. The van der Waals surface area contributed by atoms with Gasteiger partial charge in [0.05, 0.1) is 0 Å². The summed E-state index contributed by atoms with van der Waals surface area (Å²) < 4.78 is 0.